The van der Waals surface area contributed by atoms with Gasteiger partial charge in [-0.1, -0.05) is 31.4 Å². The molecule has 2 N–H and O–H groups in total. The van der Waals surface area contributed by atoms with Gasteiger partial charge in [0, 0.05) is 0 Å². The fraction of sp³-hybridized carbons (Fsp3) is 0.538. The van der Waals surface area contributed by atoms with E-state index in [0.29, 0.717) is 0 Å². The second kappa shape index (κ2) is 5.06. The average Bonchev–Trinajstić information content (AvgIpc) is 2.29. The van der Waals surface area contributed by atoms with Crippen molar-refractivity contribution >= 4 is 5.69 Å². The minimum absolute atomic E-state index is 0.735. The van der Waals surface area contributed by atoms with E-state index in [1.54, 1.807) is 0 Å². The lowest BCUT2D eigenvalue weighted by molar-refractivity contribution is 0.209. The Labute approximate surface area is 91.4 Å². The Morgan fingerprint density at radius 3 is 2.60 bits per heavy atom. The molecule has 82 valence electrons. The lowest BCUT2D eigenvalue weighted by Crippen LogP contribution is -2.15. The lowest BCUT2D eigenvalue weighted by atomic mass is 9.90. The molecule has 0 heterocycles. The summed E-state index contributed by atoms with van der Waals surface area (Å²) in [5.41, 5.74) is 6.55. The van der Waals surface area contributed by atoms with Crippen molar-refractivity contribution < 1.29 is 4.74 Å². The smallest absolute Gasteiger partial charge is 0.142 e. The SMILES string of the molecule is Nc1ccccc1OCC1CCCCC1. The molecule has 0 spiro atoms. The standard InChI is InChI=1S/C13H19NO/c14-12-8-4-5-9-13(12)15-10-11-6-2-1-3-7-11/h4-5,8-9,11H,1-3,6-7,10,14H2. The summed E-state index contributed by atoms with van der Waals surface area (Å²) in [4.78, 5) is 0. The summed E-state index contributed by atoms with van der Waals surface area (Å²) in [6.07, 6.45) is 6.74. The highest BCUT2D eigenvalue weighted by atomic mass is 16.5. The van der Waals surface area contributed by atoms with Crippen LogP contribution in [0.4, 0.5) is 5.69 Å². The molecule has 0 aromatic heterocycles. The molecular formula is C13H19NO. The van der Waals surface area contributed by atoms with Crippen LogP contribution in [-0.2, 0) is 0 Å². The number of nitrogen functional groups attached to an aromatic ring is 1. The number of hydrogen-bond acceptors (Lipinski definition) is 2. The Balaban J connectivity index is 1.84. The molecule has 0 aliphatic heterocycles. The number of rotatable bonds is 3. The van der Waals surface area contributed by atoms with Gasteiger partial charge in [0.05, 0.1) is 12.3 Å². The molecule has 0 amide bonds. The van der Waals surface area contributed by atoms with Gasteiger partial charge >= 0.3 is 0 Å². The van der Waals surface area contributed by atoms with Crippen molar-refractivity contribution in [1.29, 1.82) is 0 Å². The molecule has 1 aliphatic carbocycles. The third-order valence-corrected chi connectivity index (χ3v) is 3.12. The van der Waals surface area contributed by atoms with E-state index in [1.165, 1.54) is 32.1 Å². The Hall–Kier alpha value is -1.18. The Morgan fingerprint density at radius 1 is 1.13 bits per heavy atom. The van der Waals surface area contributed by atoms with Crippen LogP contribution in [-0.4, -0.2) is 6.61 Å². The second-order valence-corrected chi connectivity index (χ2v) is 4.35. The van der Waals surface area contributed by atoms with E-state index in [4.69, 9.17) is 10.5 Å². The summed E-state index contributed by atoms with van der Waals surface area (Å²) in [5.74, 6) is 1.57. The van der Waals surface area contributed by atoms with Crippen LogP contribution in [0.15, 0.2) is 24.3 Å². The summed E-state index contributed by atoms with van der Waals surface area (Å²) in [6, 6.07) is 7.73. The highest BCUT2D eigenvalue weighted by molar-refractivity contribution is 5.51. The highest BCUT2D eigenvalue weighted by Gasteiger charge is 2.14. The second-order valence-electron chi connectivity index (χ2n) is 4.35. The predicted octanol–water partition coefficient (Wildman–Crippen LogP) is 3.23. The van der Waals surface area contributed by atoms with E-state index in [9.17, 15) is 0 Å². The molecular weight excluding hydrogens is 186 g/mol. The summed E-state index contributed by atoms with van der Waals surface area (Å²) in [7, 11) is 0. The maximum atomic E-state index is 5.81. The molecule has 1 fully saturated rings. The first-order valence-corrected chi connectivity index (χ1v) is 5.83. The van der Waals surface area contributed by atoms with Crippen molar-refractivity contribution in [2.75, 3.05) is 12.3 Å². The minimum Gasteiger partial charge on any atom is -0.491 e. The number of para-hydroxylation sites is 2. The van der Waals surface area contributed by atoms with Crippen molar-refractivity contribution in [1.82, 2.24) is 0 Å². The zero-order chi connectivity index (χ0) is 10.5. The maximum absolute atomic E-state index is 5.81. The Kier molecular flexibility index (Phi) is 3.49. The summed E-state index contributed by atoms with van der Waals surface area (Å²) >= 11 is 0. The van der Waals surface area contributed by atoms with Crippen molar-refractivity contribution in [3.63, 3.8) is 0 Å². The van der Waals surface area contributed by atoms with Crippen LogP contribution in [0.1, 0.15) is 32.1 Å². The van der Waals surface area contributed by atoms with Crippen LogP contribution in [0.5, 0.6) is 5.75 Å². The fourth-order valence-electron chi connectivity index (χ4n) is 2.17. The van der Waals surface area contributed by atoms with Gasteiger partial charge in [-0.2, -0.15) is 0 Å². The third kappa shape index (κ3) is 2.88. The van der Waals surface area contributed by atoms with Gasteiger partial charge in [0.2, 0.25) is 0 Å². The van der Waals surface area contributed by atoms with Crippen molar-refractivity contribution in [2.24, 2.45) is 5.92 Å². The van der Waals surface area contributed by atoms with Crippen LogP contribution in [0.3, 0.4) is 0 Å². The number of ether oxygens (including phenoxy) is 1. The lowest BCUT2D eigenvalue weighted by Gasteiger charge is -2.21. The molecule has 1 aliphatic rings. The van der Waals surface area contributed by atoms with Crippen LogP contribution >= 0.6 is 0 Å². The van der Waals surface area contributed by atoms with Gasteiger partial charge in [-0.05, 0) is 30.9 Å². The maximum Gasteiger partial charge on any atom is 0.142 e. The Bertz CT molecular complexity index is 305. The number of nitrogens with two attached hydrogens (primary N) is 1. The van der Waals surface area contributed by atoms with Crippen LogP contribution in [0.2, 0.25) is 0 Å². The molecule has 2 rings (SSSR count). The molecule has 1 aromatic rings. The zero-order valence-corrected chi connectivity index (χ0v) is 9.11. The van der Waals surface area contributed by atoms with Gasteiger partial charge in [-0.15, -0.1) is 0 Å². The van der Waals surface area contributed by atoms with Gasteiger partial charge in [-0.3, -0.25) is 0 Å². The first kappa shape index (κ1) is 10.3. The van der Waals surface area contributed by atoms with Crippen molar-refractivity contribution in [3.05, 3.63) is 24.3 Å². The van der Waals surface area contributed by atoms with Crippen molar-refractivity contribution in [2.45, 2.75) is 32.1 Å². The Morgan fingerprint density at radius 2 is 1.87 bits per heavy atom. The molecule has 1 saturated carbocycles. The molecule has 1 aromatic carbocycles. The molecule has 0 unspecified atom stereocenters. The van der Waals surface area contributed by atoms with Crippen LogP contribution in [0.25, 0.3) is 0 Å². The molecule has 2 nitrogen and oxygen atoms in total. The van der Waals surface area contributed by atoms with E-state index in [1.807, 2.05) is 24.3 Å². The van der Waals surface area contributed by atoms with E-state index in [-0.39, 0.29) is 0 Å². The van der Waals surface area contributed by atoms with Gasteiger partial charge in [0.15, 0.2) is 0 Å². The van der Waals surface area contributed by atoms with Crippen LogP contribution < -0.4 is 10.5 Å². The third-order valence-electron chi connectivity index (χ3n) is 3.12. The first-order valence-electron chi connectivity index (χ1n) is 5.83. The summed E-state index contributed by atoms with van der Waals surface area (Å²) in [6.45, 7) is 0.828. The number of hydrogen-bond donors (Lipinski definition) is 1. The van der Waals surface area contributed by atoms with Crippen molar-refractivity contribution in [3.8, 4) is 5.75 Å². The highest BCUT2D eigenvalue weighted by Crippen LogP contribution is 2.26. The molecule has 0 saturated heterocycles. The van der Waals surface area contributed by atoms with E-state index in [2.05, 4.69) is 0 Å². The van der Waals surface area contributed by atoms with Gasteiger partial charge < -0.3 is 10.5 Å². The summed E-state index contributed by atoms with van der Waals surface area (Å²) < 4.78 is 5.75. The fourth-order valence-corrected chi connectivity index (χ4v) is 2.17. The normalized spacial score (nSPS) is 17.6. The quantitative estimate of drug-likeness (QED) is 0.769. The summed E-state index contributed by atoms with van der Waals surface area (Å²) in [5, 5.41) is 0. The zero-order valence-electron chi connectivity index (χ0n) is 9.11. The average molecular weight is 205 g/mol. The number of benzene rings is 1. The van der Waals surface area contributed by atoms with E-state index >= 15 is 0 Å². The molecule has 2 heteroatoms. The molecule has 0 atom stereocenters. The minimum atomic E-state index is 0.735. The van der Waals surface area contributed by atoms with E-state index in [0.717, 1.165) is 24.0 Å². The molecule has 0 bridgehead atoms. The largest absolute Gasteiger partial charge is 0.491 e. The van der Waals surface area contributed by atoms with E-state index < -0.39 is 0 Å². The number of anilines is 1. The molecule has 0 radical (unpaired) electrons. The molecule has 15 heavy (non-hydrogen) atoms. The van der Waals surface area contributed by atoms with Gasteiger partial charge in [0.1, 0.15) is 5.75 Å². The predicted molar refractivity (Wildman–Crippen MR) is 62.9 cm³/mol. The monoisotopic (exact) mass is 205 g/mol. The van der Waals surface area contributed by atoms with Gasteiger partial charge in [-0.25, -0.2) is 0 Å². The van der Waals surface area contributed by atoms with Crippen LogP contribution in [0, 0.1) is 5.92 Å². The topological polar surface area (TPSA) is 35.2 Å². The van der Waals surface area contributed by atoms with Gasteiger partial charge in [0.25, 0.3) is 0 Å². The first-order chi connectivity index (χ1) is 7.36.